The van der Waals surface area contributed by atoms with Gasteiger partial charge in [0, 0.05) is 38.7 Å². The highest BCUT2D eigenvalue weighted by molar-refractivity contribution is 7.94. The first-order chi connectivity index (χ1) is 12.9. The molecule has 10 heteroatoms. The van der Waals surface area contributed by atoms with E-state index in [4.69, 9.17) is 11.6 Å². The van der Waals surface area contributed by atoms with Crippen molar-refractivity contribution in [2.75, 3.05) is 36.2 Å². The minimum Gasteiger partial charge on any atom is -0.339 e. The Hall–Kier alpha value is -2.13. The van der Waals surface area contributed by atoms with Gasteiger partial charge >= 0.3 is 0 Å². The van der Waals surface area contributed by atoms with E-state index in [-0.39, 0.29) is 33.8 Å². The highest BCUT2D eigenvalue weighted by Gasteiger charge is 2.50. The third-order valence-corrected chi connectivity index (χ3v) is 7.33. The number of rotatable bonds is 2. The normalized spacial score (nSPS) is 21.1. The number of amides is 3. The summed E-state index contributed by atoms with van der Waals surface area (Å²) in [4.78, 5) is 40.2. The molecule has 8 nitrogen and oxygen atoms in total. The minimum absolute atomic E-state index is 0.00883. The lowest BCUT2D eigenvalue weighted by atomic mass is 9.95. The van der Waals surface area contributed by atoms with E-state index in [0.29, 0.717) is 30.5 Å². The van der Waals surface area contributed by atoms with E-state index < -0.39 is 21.3 Å². The maximum Gasteiger partial charge on any atom is 0.254 e. The van der Waals surface area contributed by atoms with Crippen molar-refractivity contribution < 1.29 is 22.8 Å². The van der Waals surface area contributed by atoms with Crippen molar-refractivity contribution in [1.29, 1.82) is 0 Å². The zero-order valence-corrected chi connectivity index (χ0v) is 17.5. The summed E-state index contributed by atoms with van der Waals surface area (Å²) in [5, 5.41) is 0.0765. The Morgan fingerprint density at radius 1 is 1.07 bits per heavy atom. The average Bonchev–Trinajstić information content (AvgIpc) is 2.78. The second kappa shape index (κ2) is 7.04. The SMILES string of the molecule is CC(=O)N1CCN(C(=O)c2ccc(Cl)c(N3C(=O)C(C)(C)CS3(=O)=O)c2)CC1. The predicted octanol–water partition coefficient (Wildman–Crippen LogP) is 1.35. The summed E-state index contributed by atoms with van der Waals surface area (Å²) in [6.45, 7) is 6.24. The summed E-state index contributed by atoms with van der Waals surface area (Å²) >= 11 is 6.18. The molecule has 0 aliphatic carbocycles. The van der Waals surface area contributed by atoms with Crippen LogP contribution in [-0.4, -0.2) is 67.9 Å². The van der Waals surface area contributed by atoms with Crippen molar-refractivity contribution in [2.45, 2.75) is 20.8 Å². The third-order valence-electron chi connectivity index (χ3n) is 5.01. The van der Waals surface area contributed by atoms with Crippen LogP contribution in [0.25, 0.3) is 0 Å². The third kappa shape index (κ3) is 3.60. The number of carbonyl (C=O) groups is 3. The van der Waals surface area contributed by atoms with Gasteiger partial charge in [-0.15, -0.1) is 0 Å². The number of nitrogens with zero attached hydrogens (tertiary/aromatic N) is 3. The quantitative estimate of drug-likeness (QED) is 0.709. The molecule has 0 spiro atoms. The van der Waals surface area contributed by atoms with Gasteiger partial charge in [0.15, 0.2) is 0 Å². The summed E-state index contributed by atoms with van der Waals surface area (Å²) < 4.78 is 25.8. The molecule has 0 radical (unpaired) electrons. The van der Waals surface area contributed by atoms with E-state index >= 15 is 0 Å². The monoisotopic (exact) mass is 427 g/mol. The van der Waals surface area contributed by atoms with Gasteiger partial charge in [0.05, 0.1) is 21.9 Å². The number of anilines is 1. The smallest absolute Gasteiger partial charge is 0.254 e. The summed E-state index contributed by atoms with van der Waals surface area (Å²) in [6.07, 6.45) is 0. The number of hydrogen-bond donors (Lipinski definition) is 0. The first-order valence-electron chi connectivity index (χ1n) is 8.86. The van der Waals surface area contributed by atoms with Gasteiger partial charge in [0.1, 0.15) is 0 Å². The fourth-order valence-corrected chi connectivity index (χ4v) is 5.82. The number of carbonyl (C=O) groups excluding carboxylic acids is 3. The molecule has 152 valence electrons. The Balaban J connectivity index is 1.90. The summed E-state index contributed by atoms with van der Waals surface area (Å²) in [6, 6.07) is 4.27. The van der Waals surface area contributed by atoms with Gasteiger partial charge in [0.2, 0.25) is 21.8 Å². The number of hydrogen-bond acceptors (Lipinski definition) is 5. The molecule has 1 aromatic carbocycles. The molecule has 2 fully saturated rings. The summed E-state index contributed by atoms with van der Waals surface area (Å²) in [5.41, 5.74) is -0.834. The standard InChI is InChI=1S/C18H22ClN3O5S/c1-12(23)20-6-8-21(9-7-20)16(24)13-4-5-14(19)15(10-13)22-17(25)18(2,3)11-28(22,26)27/h4-5,10H,6-9,11H2,1-3H3. The van der Waals surface area contributed by atoms with Crippen LogP contribution in [0.3, 0.4) is 0 Å². The molecule has 2 saturated heterocycles. The van der Waals surface area contributed by atoms with Crippen LogP contribution < -0.4 is 4.31 Å². The number of piperazine rings is 1. The average molecular weight is 428 g/mol. The van der Waals surface area contributed by atoms with Crippen molar-refractivity contribution in [3.63, 3.8) is 0 Å². The zero-order chi connectivity index (χ0) is 20.9. The highest BCUT2D eigenvalue weighted by atomic mass is 35.5. The van der Waals surface area contributed by atoms with Crippen LogP contribution >= 0.6 is 11.6 Å². The van der Waals surface area contributed by atoms with Gasteiger partial charge in [-0.1, -0.05) is 11.6 Å². The molecule has 2 aliphatic heterocycles. The topological polar surface area (TPSA) is 95.1 Å². The van der Waals surface area contributed by atoms with E-state index in [1.165, 1.54) is 25.1 Å². The zero-order valence-electron chi connectivity index (χ0n) is 15.9. The van der Waals surface area contributed by atoms with Crippen LogP contribution in [0, 0.1) is 5.41 Å². The van der Waals surface area contributed by atoms with E-state index in [0.717, 1.165) is 0 Å². The van der Waals surface area contributed by atoms with Gasteiger partial charge in [-0.25, -0.2) is 12.7 Å². The van der Waals surface area contributed by atoms with Crippen LogP contribution in [0.2, 0.25) is 5.02 Å². The highest BCUT2D eigenvalue weighted by Crippen LogP contribution is 2.39. The first kappa shape index (κ1) is 20.6. The molecule has 28 heavy (non-hydrogen) atoms. The molecule has 1 aromatic rings. The van der Waals surface area contributed by atoms with Gasteiger partial charge in [-0.2, -0.15) is 0 Å². The van der Waals surface area contributed by atoms with E-state index in [9.17, 15) is 22.8 Å². The maximum absolute atomic E-state index is 12.9. The maximum atomic E-state index is 12.9. The van der Waals surface area contributed by atoms with Crippen molar-refractivity contribution in [1.82, 2.24) is 9.80 Å². The Bertz CT molecular complexity index is 952. The molecule has 3 rings (SSSR count). The number of halogens is 1. The predicted molar refractivity (Wildman–Crippen MR) is 105 cm³/mol. The molecular formula is C18H22ClN3O5S. The Labute approximate surface area is 169 Å². The fourth-order valence-electron chi connectivity index (χ4n) is 3.45. The number of benzene rings is 1. The molecule has 0 saturated carbocycles. The lowest BCUT2D eigenvalue weighted by Crippen LogP contribution is -2.50. The molecule has 2 aliphatic rings. The fraction of sp³-hybridized carbons (Fsp3) is 0.500. The van der Waals surface area contributed by atoms with Gasteiger partial charge in [0.25, 0.3) is 5.91 Å². The molecule has 3 amide bonds. The molecule has 0 bridgehead atoms. The van der Waals surface area contributed by atoms with Gasteiger partial charge < -0.3 is 9.80 Å². The van der Waals surface area contributed by atoms with Crippen LogP contribution in [0.4, 0.5) is 5.69 Å². The largest absolute Gasteiger partial charge is 0.339 e. The van der Waals surface area contributed by atoms with Crippen molar-refractivity contribution in [3.8, 4) is 0 Å². The molecule has 0 atom stereocenters. The van der Waals surface area contributed by atoms with Gasteiger partial charge in [-0.05, 0) is 32.0 Å². The van der Waals surface area contributed by atoms with E-state index in [2.05, 4.69) is 0 Å². The van der Waals surface area contributed by atoms with Crippen LogP contribution in [-0.2, 0) is 19.6 Å². The first-order valence-corrected chi connectivity index (χ1v) is 10.8. The molecule has 0 N–H and O–H groups in total. The van der Waals surface area contributed by atoms with Crippen molar-refractivity contribution >= 4 is 45.0 Å². The second-order valence-corrected chi connectivity index (χ2v) is 9.90. The Morgan fingerprint density at radius 3 is 2.14 bits per heavy atom. The molecule has 0 unspecified atom stereocenters. The van der Waals surface area contributed by atoms with Crippen LogP contribution in [0.15, 0.2) is 18.2 Å². The Morgan fingerprint density at radius 2 is 1.64 bits per heavy atom. The summed E-state index contributed by atoms with van der Waals surface area (Å²) in [5.74, 6) is -1.24. The van der Waals surface area contributed by atoms with Crippen LogP contribution in [0.1, 0.15) is 31.1 Å². The molecular weight excluding hydrogens is 406 g/mol. The lowest BCUT2D eigenvalue weighted by Gasteiger charge is -2.34. The Kier molecular flexibility index (Phi) is 5.18. The van der Waals surface area contributed by atoms with E-state index in [1.54, 1.807) is 23.6 Å². The summed E-state index contributed by atoms with van der Waals surface area (Å²) in [7, 11) is -3.87. The van der Waals surface area contributed by atoms with Crippen molar-refractivity contribution in [2.24, 2.45) is 5.41 Å². The van der Waals surface area contributed by atoms with E-state index in [1.807, 2.05) is 0 Å². The molecule has 2 heterocycles. The lowest BCUT2D eigenvalue weighted by molar-refractivity contribution is -0.130. The second-order valence-electron chi connectivity index (χ2n) is 7.67. The number of sulfonamides is 1. The van der Waals surface area contributed by atoms with Crippen LogP contribution in [0.5, 0.6) is 0 Å². The minimum atomic E-state index is -3.87. The molecule has 0 aromatic heterocycles. The van der Waals surface area contributed by atoms with Crippen molar-refractivity contribution in [3.05, 3.63) is 28.8 Å². The van der Waals surface area contributed by atoms with Gasteiger partial charge in [-0.3, -0.25) is 14.4 Å².